The molecular formula is C28H35N9O3. The van der Waals surface area contributed by atoms with Gasteiger partial charge in [0, 0.05) is 37.6 Å². The Labute approximate surface area is 232 Å². The van der Waals surface area contributed by atoms with Crippen LogP contribution in [0, 0.1) is 0 Å². The third kappa shape index (κ3) is 7.41. The van der Waals surface area contributed by atoms with E-state index in [1.807, 2.05) is 18.2 Å². The van der Waals surface area contributed by atoms with E-state index in [9.17, 15) is 9.90 Å². The fraction of sp³-hybridized carbons (Fsp3) is 0.429. The van der Waals surface area contributed by atoms with Gasteiger partial charge in [0.2, 0.25) is 5.88 Å². The summed E-state index contributed by atoms with van der Waals surface area (Å²) >= 11 is 0. The number of fused-ring (bicyclic) bond motifs is 2. The number of H-pyrrole nitrogens is 1. The number of nitrogens with one attached hydrogen (secondary N) is 3. The summed E-state index contributed by atoms with van der Waals surface area (Å²) in [5.74, 6) is 1.09. The van der Waals surface area contributed by atoms with Crippen LogP contribution in [0.3, 0.4) is 0 Å². The van der Waals surface area contributed by atoms with E-state index in [1.54, 1.807) is 6.20 Å². The number of aromatic nitrogens is 6. The van der Waals surface area contributed by atoms with Crippen LogP contribution in [-0.4, -0.2) is 84.7 Å². The van der Waals surface area contributed by atoms with Gasteiger partial charge in [0.1, 0.15) is 30.3 Å². The van der Waals surface area contributed by atoms with E-state index in [1.165, 1.54) is 18.2 Å². The summed E-state index contributed by atoms with van der Waals surface area (Å²) in [5, 5.41) is 16.4. The molecule has 0 spiro atoms. The zero-order chi connectivity index (χ0) is 27.6. The summed E-state index contributed by atoms with van der Waals surface area (Å²) in [7, 11) is 0. The molecular weight excluding hydrogens is 510 g/mol. The van der Waals surface area contributed by atoms with Gasteiger partial charge in [0.15, 0.2) is 11.5 Å². The first-order chi connectivity index (χ1) is 19.7. The number of hydrogen-bond acceptors (Lipinski definition) is 10. The molecule has 12 nitrogen and oxygen atoms in total. The van der Waals surface area contributed by atoms with E-state index in [2.05, 4.69) is 52.6 Å². The van der Waals surface area contributed by atoms with Gasteiger partial charge in [0.25, 0.3) is 0 Å². The standard InChI is InChI=1S/C28H35N9O3/c38-28(39)22(36-27-24-26(32-18-31-24)33-19-34-27)11-15-37(16-17-40-23-8-1-3-12-29-23)14-4-2-7-21-10-9-20-6-5-13-30-25(20)35-21/h1,3,8-10,12,18-19,22H,2,4-7,11,13-17H2,(H,30,35)(H,38,39)(H2,31,32,33,34,36). The van der Waals surface area contributed by atoms with Crippen molar-refractivity contribution in [2.45, 2.75) is 44.6 Å². The highest BCUT2D eigenvalue weighted by Gasteiger charge is 2.21. The fourth-order valence-electron chi connectivity index (χ4n) is 4.81. The number of carbonyl (C=O) groups is 1. The normalized spacial score (nSPS) is 13.5. The smallest absolute Gasteiger partial charge is 0.326 e. The number of rotatable bonds is 15. The van der Waals surface area contributed by atoms with Crippen molar-refractivity contribution in [3.63, 3.8) is 0 Å². The lowest BCUT2D eigenvalue weighted by molar-refractivity contribution is -0.138. The van der Waals surface area contributed by atoms with Crippen molar-refractivity contribution in [2.75, 3.05) is 43.4 Å². The van der Waals surface area contributed by atoms with Gasteiger partial charge in [-0.05, 0) is 62.8 Å². The quantitative estimate of drug-likeness (QED) is 0.163. The van der Waals surface area contributed by atoms with Crippen LogP contribution in [0.1, 0.15) is 36.9 Å². The maximum atomic E-state index is 12.1. The topological polar surface area (TPSA) is 154 Å². The SMILES string of the molecule is O=C(O)C(CCN(CCCCc1ccc2c(n1)NCCC2)CCOc1ccccn1)Nc1ncnc2nc[nH]c12. The second-order valence-electron chi connectivity index (χ2n) is 9.80. The molecule has 4 aromatic heterocycles. The first-order valence-corrected chi connectivity index (χ1v) is 13.8. The van der Waals surface area contributed by atoms with Gasteiger partial charge in [-0.1, -0.05) is 12.1 Å². The highest BCUT2D eigenvalue weighted by Crippen LogP contribution is 2.20. The minimum absolute atomic E-state index is 0.386. The predicted molar refractivity (Wildman–Crippen MR) is 152 cm³/mol. The minimum atomic E-state index is -0.942. The summed E-state index contributed by atoms with van der Waals surface area (Å²) in [5.41, 5.74) is 3.47. The van der Waals surface area contributed by atoms with Crippen LogP contribution >= 0.6 is 0 Å². The molecule has 4 N–H and O–H groups in total. The number of imidazole rings is 1. The van der Waals surface area contributed by atoms with Crippen LogP contribution in [0.15, 0.2) is 49.2 Å². The highest BCUT2D eigenvalue weighted by molar-refractivity contribution is 5.85. The van der Waals surface area contributed by atoms with E-state index in [-0.39, 0.29) is 0 Å². The second kappa shape index (κ2) is 13.7. The number of pyridine rings is 2. The summed E-state index contributed by atoms with van der Waals surface area (Å²) < 4.78 is 5.82. The minimum Gasteiger partial charge on any atom is -0.480 e. The third-order valence-corrected chi connectivity index (χ3v) is 6.97. The van der Waals surface area contributed by atoms with Crippen LogP contribution in [0.4, 0.5) is 11.6 Å². The molecule has 5 heterocycles. The van der Waals surface area contributed by atoms with Crippen LogP contribution in [0.25, 0.3) is 11.2 Å². The first kappa shape index (κ1) is 27.3. The fourth-order valence-corrected chi connectivity index (χ4v) is 4.81. The van der Waals surface area contributed by atoms with E-state index in [0.717, 1.165) is 56.7 Å². The van der Waals surface area contributed by atoms with Gasteiger partial charge >= 0.3 is 5.97 Å². The van der Waals surface area contributed by atoms with Crippen molar-refractivity contribution in [3.05, 3.63) is 60.4 Å². The first-order valence-electron chi connectivity index (χ1n) is 13.8. The number of carboxylic acid groups (broad SMARTS) is 1. The van der Waals surface area contributed by atoms with Gasteiger partial charge in [-0.3, -0.25) is 4.90 Å². The molecule has 1 unspecified atom stereocenters. The van der Waals surface area contributed by atoms with E-state index >= 15 is 0 Å². The molecule has 0 saturated heterocycles. The van der Waals surface area contributed by atoms with Crippen molar-refractivity contribution in [1.29, 1.82) is 0 Å². The maximum absolute atomic E-state index is 12.1. The van der Waals surface area contributed by atoms with Crippen molar-refractivity contribution in [2.24, 2.45) is 0 Å². The number of aromatic amines is 1. The Bertz CT molecular complexity index is 1380. The molecule has 0 saturated carbocycles. The summed E-state index contributed by atoms with van der Waals surface area (Å²) in [6.45, 7) is 3.49. The molecule has 0 aliphatic carbocycles. The van der Waals surface area contributed by atoms with Crippen LogP contribution in [-0.2, 0) is 17.6 Å². The molecule has 0 aromatic carbocycles. The van der Waals surface area contributed by atoms with Crippen LogP contribution < -0.4 is 15.4 Å². The molecule has 1 aliphatic heterocycles. The number of aryl methyl sites for hydroxylation is 2. The summed E-state index contributed by atoms with van der Waals surface area (Å²) in [6.07, 6.45) is 10.1. The number of hydrogen-bond donors (Lipinski definition) is 4. The third-order valence-electron chi connectivity index (χ3n) is 6.97. The maximum Gasteiger partial charge on any atom is 0.326 e. The van der Waals surface area contributed by atoms with Gasteiger partial charge in [-0.2, -0.15) is 0 Å². The zero-order valence-corrected chi connectivity index (χ0v) is 22.4. The molecule has 40 heavy (non-hydrogen) atoms. The molecule has 5 rings (SSSR count). The Kier molecular flexibility index (Phi) is 9.30. The average Bonchev–Trinajstić information content (AvgIpc) is 3.47. The molecule has 210 valence electrons. The van der Waals surface area contributed by atoms with E-state index < -0.39 is 12.0 Å². The van der Waals surface area contributed by atoms with Crippen LogP contribution in [0.2, 0.25) is 0 Å². The number of carboxylic acids is 1. The second-order valence-corrected chi connectivity index (χ2v) is 9.80. The van der Waals surface area contributed by atoms with Crippen molar-refractivity contribution in [3.8, 4) is 5.88 Å². The number of aliphatic carboxylic acids is 1. The van der Waals surface area contributed by atoms with Crippen molar-refractivity contribution in [1.82, 2.24) is 34.8 Å². The predicted octanol–water partition coefficient (Wildman–Crippen LogP) is 3.16. The lowest BCUT2D eigenvalue weighted by Gasteiger charge is -2.24. The molecule has 0 radical (unpaired) electrons. The number of unbranched alkanes of at least 4 members (excludes halogenated alkanes) is 1. The monoisotopic (exact) mass is 545 g/mol. The Morgan fingerprint density at radius 2 is 2.05 bits per heavy atom. The lowest BCUT2D eigenvalue weighted by atomic mass is 10.1. The molecule has 12 heteroatoms. The van der Waals surface area contributed by atoms with Crippen molar-refractivity contribution >= 4 is 28.8 Å². The highest BCUT2D eigenvalue weighted by atomic mass is 16.5. The van der Waals surface area contributed by atoms with Crippen molar-refractivity contribution < 1.29 is 14.6 Å². The zero-order valence-electron chi connectivity index (χ0n) is 22.4. The molecule has 0 amide bonds. The summed E-state index contributed by atoms with van der Waals surface area (Å²) in [4.78, 5) is 38.8. The molecule has 1 aliphatic rings. The molecule has 1 atom stereocenters. The number of nitrogens with zero attached hydrogens (tertiary/aromatic N) is 6. The Hall–Kier alpha value is -4.32. The molecule has 0 bridgehead atoms. The molecule has 0 fully saturated rings. The number of anilines is 2. The van der Waals surface area contributed by atoms with Gasteiger partial charge in [-0.25, -0.2) is 29.7 Å². The molecule has 4 aromatic rings. The van der Waals surface area contributed by atoms with E-state index in [4.69, 9.17) is 9.72 Å². The van der Waals surface area contributed by atoms with Gasteiger partial charge in [-0.15, -0.1) is 0 Å². The summed E-state index contributed by atoms with van der Waals surface area (Å²) in [6, 6.07) is 9.06. The number of ether oxygens (including phenoxy) is 1. The Morgan fingerprint density at radius 3 is 2.92 bits per heavy atom. The van der Waals surface area contributed by atoms with Gasteiger partial charge in [0.05, 0.1) is 6.33 Å². The van der Waals surface area contributed by atoms with E-state index in [0.29, 0.717) is 49.0 Å². The Morgan fingerprint density at radius 1 is 1.10 bits per heavy atom. The average molecular weight is 546 g/mol. The lowest BCUT2D eigenvalue weighted by Crippen LogP contribution is -2.37. The van der Waals surface area contributed by atoms with Gasteiger partial charge < -0.3 is 25.5 Å². The Balaban J connectivity index is 1.16. The van der Waals surface area contributed by atoms with Crippen LogP contribution in [0.5, 0.6) is 5.88 Å². The largest absolute Gasteiger partial charge is 0.480 e.